The molecule has 0 radical (unpaired) electrons. The van der Waals surface area contributed by atoms with Crippen molar-refractivity contribution < 1.29 is 13.7 Å². The minimum absolute atomic E-state index is 0.143. The highest BCUT2D eigenvalue weighted by molar-refractivity contribution is 6.12. The Bertz CT molecular complexity index is 237. The van der Waals surface area contributed by atoms with E-state index in [1.807, 2.05) is 18.2 Å². The SMILES string of the molecule is O=C(C[n+]1ccccc1)OCl. The van der Waals surface area contributed by atoms with Gasteiger partial charge in [-0.15, -0.1) is 0 Å². The van der Waals surface area contributed by atoms with Crippen LogP contribution < -0.4 is 4.57 Å². The molecular formula is C7H7ClNO2+. The number of carbonyl (C=O) groups excluding carboxylic acids is 1. The minimum Gasteiger partial charge on any atom is -0.342 e. The fraction of sp³-hybridized carbons (Fsp3) is 0.143. The molecule has 0 spiro atoms. The Morgan fingerprint density at radius 3 is 2.55 bits per heavy atom. The molecule has 0 aliphatic carbocycles. The van der Waals surface area contributed by atoms with E-state index < -0.39 is 5.97 Å². The van der Waals surface area contributed by atoms with Crippen LogP contribution >= 0.6 is 11.9 Å². The second-order valence-corrected chi connectivity index (χ2v) is 2.15. The summed E-state index contributed by atoms with van der Waals surface area (Å²) >= 11 is 4.84. The van der Waals surface area contributed by atoms with Crippen LogP contribution in [-0.2, 0) is 15.6 Å². The van der Waals surface area contributed by atoms with Crippen LogP contribution in [0.2, 0.25) is 0 Å². The molecule has 1 heterocycles. The van der Waals surface area contributed by atoms with Crippen molar-refractivity contribution in [3.8, 4) is 0 Å². The molecule has 0 aliphatic rings. The van der Waals surface area contributed by atoms with Crippen LogP contribution in [0.5, 0.6) is 0 Å². The lowest BCUT2D eigenvalue weighted by Crippen LogP contribution is -2.36. The zero-order valence-electron chi connectivity index (χ0n) is 5.74. The summed E-state index contributed by atoms with van der Waals surface area (Å²) in [6, 6.07) is 5.51. The first kappa shape index (κ1) is 8.01. The van der Waals surface area contributed by atoms with E-state index in [4.69, 9.17) is 11.9 Å². The van der Waals surface area contributed by atoms with E-state index in [9.17, 15) is 4.79 Å². The van der Waals surface area contributed by atoms with Crippen LogP contribution in [0, 0.1) is 0 Å². The van der Waals surface area contributed by atoms with Crippen LogP contribution in [0.25, 0.3) is 0 Å². The van der Waals surface area contributed by atoms with Gasteiger partial charge in [-0.1, -0.05) is 6.07 Å². The summed E-state index contributed by atoms with van der Waals surface area (Å²) in [5.74, 6) is -0.470. The van der Waals surface area contributed by atoms with Gasteiger partial charge in [0, 0.05) is 12.1 Å². The third-order valence-electron chi connectivity index (χ3n) is 1.18. The molecule has 0 unspecified atom stereocenters. The van der Waals surface area contributed by atoms with Gasteiger partial charge in [0.2, 0.25) is 6.54 Å². The highest BCUT2D eigenvalue weighted by Crippen LogP contribution is 1.83. The number of pyridine rings is 1. The number of hydrogen-bond acceptors (Lipinski definition) is 2. The van der Waals surface area contributed by atoms with E-state index >= 15 is 0 Å². The Morgan fingerprint density at radius 2 is 2.00 bits per heavy atom. The first-order valence-electron chi connectivity index (χ1n) is 3.08. The van der Waals surface area contributed by atoms with E-state index in [1.54, 1.807) is 17.0 Å². The number of aromatic nitrogens is 1. The van der Waals surface area contributed by atoms with Crippen molar-refractivity contribution in [2.24, 2.45) is 0 Å². The van der Waals surface area contributed by atoms with Gasteiger partial charge < -0.3 is 4.29 Å². The first-order chi connectivity index (χ1) is 5.33. The normalized spacial score (nSPS) is 9.18. The van der Waals surface area contributed by atoms with E-state index in [1.165, 1.54) is 0 Å². The summed E-state index contributed by atoms with van der Waals surface area (Å²) < 4.78 is 5.64. The quantitative estimate of drug-likeness (QED) is 0.614. The summed E-state index contributed by atoms with van der Waals surface area (Å²) in [5, 5.41) is 0. The zero-order chi connectivity index (χ0) is 8.10. The van der Waals surface area contributed by atoms with Crippen LogP contribution in [0.3, 0.4) is 0 Å². The third kappa shape index (κ3) is 2.55. The summed E-state index contributed by atoms with van der Waals surface area (Å²) in [5.41, 5.74) is 0. The molecule has 0 fully saturated rings. The Balaban J connectivity index is 2.58. The van der Waals surface area contributed by atoms with Gasteiger partial charge >= 0.3 is 5.97 Å². The van der Waals surface area contributed by atoms with Crippen LogP contribution in [-0.4, -0.2) is 5.97 Å². The average Bonchev–Trinajstić information content (AvgIpc) is 2.06. The Kier molecular flexibility index (Phi) is 2.86. The van der Waals surface area contributed by atoms with Crippen molar-refractivity contribution in [2.75, 3.05) is 0 Å². The van der Waals surface area contributed by atoms with Gasteiger partial charge in [-0.05, 0) is 0 Å². The fourth-order valence-corrected chi connectivity index (χ4v) is 0.762. The molecule has 0 saturated heterocycles. The number of hydrogen-bond donors (Lipinski definition) is 0. The number of carbonyl (C=O) groups is 1. The van der Waals surface area contributed by atoms with Crippen molar-refractivity contribution in [1.82, 2.24) is 0 Å². The lowest BCUT2D eigenvalue weighted by atomic mass is 10.5. The molecule has 11 heavy (non-hydrogen) atoms. The number of rotatable bonds is 2. The maximum atomic E-state index is 10.6. The van der Waals surface area contributed by atoms with Gasteiger partial charge in [-0.2, -0.15) is 4.57 Å². The number of nitrogens with zero attached hydrogens (tertiary/aromatic N) is 1. The largest absolute Gasteiger partial charge is 0.390 e. The molecule has 1 rings (SSSR count). The minimum atomic E-state index is -0.470. The maximum Gasteiger partial charge on any atom is 0.390 e. The van der Waals surface area contributed by atoms with Gasteiger partial charge in [-0.25, -0.2) is 4.79 Å². The second kappa shape index (κ2) is 3.93. The van der Waals surface area contributed by atoms with E-state index in [-0.39, 0.29) is 6.54 Å². The van der Waals surface area contributed by atoms with Gasteiger partial charge in [-0.3, -0.25) is 0 Å². The van der Waals surface area contributed by atoms with Crippen molar-refractivity contribution in [2.45, 2.75) is 6.54 Å². The van der Waals surface area contributed by atoms with Crippen molar-refractivity contribution >= 4 is 17.8 Å². The fourth-order valence-electron chi connectivity index (χ4n) is 0.713. The molecule has 0 N–H and O–H groups in total. The molecule has 0 aliphatic heterocycles. The molecule has 1 aromatic heterocycles. The molecule has 0 amide bonds. The Labute approximate surface area is 69.3 Å². The van der Waals surface area contributed by atoms with Gasteiger partial charge in [0.25, 0.3) is 0 Å². The molecule has 1 aromatic rings. The van der Waals surface area contributed by atoms with Crippen LogP contribution in [0.15, 0.2) is 30.6 Å². The van der Waals surface area contributed by atoms with Crippen LogP contribution in [0.4, 0.5) is 0 Å². The predicted octanol–water partition coefficient (Wildman–Crippen LogP) is 0.671. The lowest BCUT2D eigenvalue weighted by Gasteiger charge is -1.90. The first-order valence-corrected chi connectivity index (χ1v) is 3.39. The van der Waals surface area contributed by atoms with E-state index in [0.717, 1.165) is 0 Å². The van der Waals surface area contributed by atoms with Gasteiger partial charge in [0.1, 0.15) is 11.9 Å². The van der Waals surface area contributed by atoms with Gasteiger partial charge in [0.05, 0.1) is 0 Å². The smallest absolute Gasteiger partial charge is 0.342 e. The van der Waals surface area contributed by atoms with E-state index in [0.29, 0.717) is 0 Å². The maximum absolute atomic E-state index is 10.6. The molecule has 0 bridgehead atoms. The average molecular weight is 173 g/mol. The van der Waals surface area contributed by atoms with Crippen molar-refractivity contribution in [3.05, 3.63) is 30.6 Å². The topological polar surface area (TPSA) is 30.2 Å². The molecule has 3 nitrogen and oxygen atoms in total. The van der Waals surface area contributed by atoms with Crippen molar-refractivity contribution in [1.29, 1.82) is 0 Å². The van der Waals surface area contributed by atoms with Crippen LogP contribution in [0.1, 0.15) is 0 Å². The van der Waals surface area contributed by atoms with Crippen molar-refractivity contribution in [3.63, 3.8) is 0 Å². The lowest BCUT2D eigenvalue weighted by molar-refractivity contribution is -0.685. The Hall–Kier alpha value is -1.09. The molecule has 4 heteroatoms. The molecule has 0 saturated carbocycles. The molecule has 58 valence electrons. The summed E-state index contributed by atoms with van der Waals surface area (Å²) in [7, 11) is 0. The zero-order valence-corrected chi connectivity index (χ0v) is 6.49. The van der Waals surface area contributed by atoms with Gasteiger partial charge in [0.15, 0.2) is 12.4 Å². The monoisotopic (exact) mass is 172 g/mol. The summed E-state index contributed by atoms with van der Waals surface area (Å²) in [6.07, 6.45) is 3.52. The summed E-state index contributed by atoms with van der Waals surface area (Å²) in [4.78, 5) is 10.6. The number of halogens is 1. The highest BCUT2D eigenvalue weighted by atomic mass is 35.5. The summed E-state index contributed by atoms with van der Waals surface area (Å²) in [6.45, 7) is 0.143. The molecular weight excluding hydrogens is 166 g/mol. The second-order valence-electron chi connectivity index (χ2n) is 2.00. The standard InChI is InChI=1S/C7H7ClNO2/c8-11-7(10)6-9-4-2-1-3-5-9/h1-5H,6H2/q+1. The molecule has 0 atom stereocenters. The predicted molar refractivity (Wildman–Crippen MR) is 38.6 cm³/mol. The highest BCUT2D eigenvalue weighted by Gasteiger charge is 2.07. The molecule has 0 aromatic carbocycles. The Morgan fingerprint density at radius 1 is 1.36 bits per heavy atom. The van der Waals surface area contributed by atoms with E-state index in [2.05, 4.69) is 4.29 Å². The third-order valence-corrected chi connectivity index (χ3v) is 1.35.